The van der Waals surface area contributed by atoms with E-state index in [9.17, 15) is 9.59 Å². The Bertz CT molecular complexity index is 791. The molecule has 1 aromatic carbocycles. The number of anilines is 1. The molecule has 0 unspecified atom stereocenters. The average molecular weight is 314 g/mol. The topological polar surface area (TPSA) is 60.3 Å². The van der Waals surface area contributed by atoms with Crippen molar-refractivity contribution in [1.82, 2.24) is 4.57 Å². The van der Waals surface area contributed by atoms with E-state index in [0.29, 0.717) is 17.0 Å². The molecule has 0 saturated carbocycles. The zero-order valence-electron chi connectivity index (χ0n) is 14.1. The van der Waals surface area contributed by atoms with Crippen molar-refractivity contribution in [3.05, 3.63) is 57.5 Å². The number of para-hydroxylation sites is 2. The molecule has 0 radical (unpaired) electrons. The van der Waals surface area contributed by atoms with E-state index < -0.39 is 5.91 Å². The number of nitrogens with one attached hydrogen (secondary N) is 1. The molecule has 5 heteroatoms. The lowest BCUT2D eigenvalue weighted by molar-refractivity contribution is 0.102. The molecule has 122 valence electrons. The van der Waals surface area contributed by atoms with E-state index in [-0.39, 0.29) is 17.2 Å². The largest absolute Gasteiger partial charge is 0.489 e. The first-order chi connectivity index (χ1) is 10.8. The second-order valence-corrected chi connectivity index (χ2v) is 5.82. The highest BCUT2D eigenvalue weighted by Gasteiger charge is 2.18. The fourth-order valence-electron chi connectivity index (χ4n) is 2.37. The van der Waals surface area contributed by atoms with Crippen molar-refractivity contribution in [2.75, 3.05) is 5.32 Å². The number of rotatable bonds is 4. The number of aromatic nitrogens is 1. The maximum Gasteiger partial charge on any atom is 0.263 e. The van der Waals surface area contributed by atoms with E-state index in [2.05, 4.69) is 5.32 Å². The Morgan fingerprint density at radius 1 is 1.22 bits per heavy atom. The predicted octanol–water partition coefficient (Wildman–Crippen LogP) is 3.04. The lowest BCUT2D eigenvalue weighted by Gasteiger charge is -2.15. The number of benzene rings is 1. The first-order valence-electron chi connectivity index (χ1n) is 7.55. The number of nitrogens with zero attached hydrogens (tertiary/aromatic N) is 1. The lowest BCUT2D eigenvalue weighted by atomic mass is 10.1. The quantitative estimate of drug-likeness (QED) is 0.943. The molecule has 1 amide bonds. The van der Waals surface area contributed by atoms with E-state index in [0.717, 1.165) is 5.69 Å². The van der Waals surface area contributed by atoms with Gasteiger partial charge in [0.2, 0.25) is 0 Å². The van der Waals surface area contributed by atoms with Crippen molar-refractivity contribution in [1.29, 1.82) is 0 Å². The van der Waals surface area contributed by atoms with Crippen LogP contribution in [-0.4, -0.2) is 16.6 Å². The third kappa shape index (κ3) is 3.62. The molecular weight excluding hydrogens is 292 g/mol. The van der Waals surface area contributed by atoms with Gasteiger partial charge < -0.3 is 14.6 Å². The number of amides is 1. The molecule has 5 nitrogen and oxygen atoms in total. The monoisotopic (exact) mass is 314 g/mol. The average Bonchev–Trinajstić information content (AvgIpc) is 2.46. The smallest absolute Gasteiger partial charge is 0.263 e. The number of carbonyl (C=O) groups excluding carboxylic acids is 1. The van der Waals surface area contributed by atoms with E-state index >= 15 is 0 Å². The minimum absolute atomic E-state index is 0.0120. The Morgan fingerprint density at radius 3 is 2.52 bits per heavy atom. The van der Waals surface area contributed by atoms with Crippen LogP contribution in [0.1, 0.15) is 35.5 Å². The van der Waals surface area contributed by atoms with Crippen LogP contribution >= 0.6 is 0 Å². The van der Waals surface area contributed by atoms with Gasteiger partial charge >= 0.3 is 0 Å². The first-order valence-corrected chi connectivity index (χ1v) is 7.55. The summed E-state index contributed by atoms with van der Waals surface area (Å²) in [5, 5.41) is 2.78. The molecule has 0 atom stereocenters. The summed E-state index contributed by atoms with van der Waals surface area (Å²) in [7, 11) is 1.66. The third-order valence-corrected chi connectivity index (χ3v) is 3.59. The van der Waals surface area contributed by atoms with Crippen molar-refractivity contribution < 1.29 is 9.53 Å². The summed E-state index contributed by atoms with van der Waals surface area (Å²) >= 11 is 0. The van der Waals surface area contributed by atoms with Gasteiger partial charge in [0.15, 0.2) is 0 Å². The van der Waals surface area contributed by atoms with Gasteiger partial charge in [0.1, 0.15) is 11.3 Å². The van der Waals surface area contributed by atoms with E-state index in [4.69, 9.17) is 4.74 Å². The molecule has 0 aliphatic heterocycles. The van der Waals surface area contributed by atoms with Gasteiger partial charge in [-0.15, -0.1) is 0 Å². The third-order valence-electron chi connectivity index (χ3n) is 3.59. The number of carbonyl (C=O) groups is 1. The van der Waals surface area contributed by atoms with Gasteiger partial charge in [-0.1, -0.05) is 12.1 Å². The summed E-state index contributed by atoms with van der Waals surface area (Å²) in [4.78, 5) is 25.0. The zero-order chi connectivity index (χ0) is 17.1. The molecule has 1 N–H and O–H groups in total. The van der Waals surface area contributed by atoms with Gasteiger partial charge in [0, 0.05) is 12.7 Å². The first kappa shape index (κ1) is 16.8. The molecule has 0 fully saturated rings. The van der Waals surface area contributed by atoms with Crippen LogP contribution in [0.4, 0.5) is 5.69 Å². The summed E-state index contributed by atoms with van der Waals surface area (Å²) < 4.78 is 7.16. The van der Waals surface area contributed by atoms with Crippen LogP contribution in [0.15, 0.2) is 35.1 Å². The van der Waals surface area contributed by atoms with Crippen LogP contribution in [-0.2, 0) is 7.05 Å². The van der Waals surface area contributed by atoms with Gasteiger partial charge in [-0.2, -0.15) is 0 Å². The minimum Gasteiger partial charge on any atom is -0.489 e. The van der Waals surface area contributed by atoms with Crippen LogP contribution in [0.5, 0.6) is 5.75 Å². The predicted molar refractivity (Wildman–Crippen MR) is 91.3 cm³/mol. The molecule has 1 aromatic heterocycles. The molecule has 2 rings (SSSR count). The van der Waals surface area contributed by atoms with Crippen LogP contribution in [0.3, 0.4) is 0 Å². The number of hydrogen-bond donors (Lipinski definition) is 1. The number of ether oxygens (including phenoxy) is 1. The number of aryl methyl sites for hydroxylation is 2. The minimum atomic E-state index is -0.428. The standard InChI is InChI=1S/C18H22N2O3/c1-11(2)23-15-9-7-6-8-14(15)19-17(21)16-12(3)10-13(4)20(5)18(16)22/h6-11H,1-5H3,(H,19,21). The Labute approximate surface area is 135 Å². The molecule has 0 bridgehead atoms. The van der Waals surface area contributed by atoms with Gasteiger partial charge in [0.05, 0.1) is 11.8 Å². The Balaban J connectivity index is 2.38. The summed E-state index contributed by atoms with van der Waals surface area (Å²) in [5.74, 6) is 0.153. The SMILES string of the molecule is Cc1cc(C)n(C)c(=O)c1C(=O)Nc1ccccc1OC(C)C. The van der Waals surface area contributed by atoms with E-state index in [1.54, 1.807) is 26.1 Å². The highest BCUT2D eigenvalue weighted by molar-refractivity contribution is 6.05. The van der Waals surface area contributed by atoms with Gasteiger partial charge in [-0.25, -0.2) is 0 Å². The molecule has 23 heavy (non-hydrogen) atoms. The van der Waals surface area contributed by atoms with Crippen molar-refractivity contribution in [3.63, 3.8) is 0 Å². The molecule has 0 aliphatic rings. The number of hydrogen-bond acceptors (Lipinski definition) is 3. The molecule has 1 heterocycles. The Hall–Kier alpha value is -2.56. The fourth-order valence-corrected chi connectivity index (χ4v) is 2.37. The molecule has 0 spiro atoms. The van der Waals surface area contributed by atoms with Crippen LogP contribution in [0.2, 0.25) is 0 Å². The van der Waals surface area contributed by atoms with Crippen molar-refractivity contribution in [3.8, 4) is 5.75 Å². The van der Waals surface area contributed by atoms with Gasteiger partial charge in [-0.05, 0) is 51.5 Å². The van der Waals surface area contributed by atoms with Crippen LogP contribution in [0, 0.1) is 13.8 Å². The second kappa shape index (κ2) is 6.69. The Kier molecular flexibility index (Phi) is 4.89. The summed E-state index contributed by atoms with van der Waals surface area (Å²) in [6.45, 7) is 7.43. The highest BCUT2D eigenvalue weighted by atomic mass is 16.5. The lowest BCUT2D eigenvalue weighted by Crippen LogP contribution is -2.30. The van der Waals surface area contributed by atoms with E-state index in [1.807, 2.05) is 39.0 Å². The van der Waals surface area contributed by atoms with Gasteiger partial charge in [-0.3, -0.25) is 9.59 Å². The number of pyridine rings is 1. The zero-order valence-corrected chi connectivity index (χ0v) is 14.1. The second-order valence-electron chi connectivity index (χ2n) is 5.82. The van der Waals surface area contributed by atoms with Crippen molar-refractivity contribution >= 4 is 11.6 Å². The maximum atomic E-state index is 12.6. The summed E-state index contributed by atoms with van der Waals surface area (Å²) in [5.41, 5.74) is 1.87. The maximum absolute atomic E-state index is 12.6. The van der Waals surface area contributed by atoms with Crippen molar-refractivity contribution in [2.45, 2.75) is 33.8 Å². The highest BCUT2D eigenvalue weighted by Crippen LogP contribution is 2.25. The molecule has 2 aromatic rings. The summed E-state index contributed by atoms with van der Waals surface area (Å²) in [6.07, 6.45) is -0.0120. The van der Waals surface area contributed by atoms with Crippen molar-refractivity contribution in [2.24, 2.45) is 7.05 Å². The van der Waals surface area contributed by atoms with Crippen LogP contribution in [0.25, 0.3) is 0 Å². The Morgan fingerprint density at radius 2 is 1.87 bits per heavy atom. The van der Waals surface area contributed by atoms with E-state index in [1.165, 1.54) is 4.57 Å². The molecular formula is C18H22N2O3. The van der Waals surface area contributed by atoms with Crippen LogP contribution < -0.4 is 15.6 Å². The molecule has 0 saturated heterocycles. The van der Waals surface area contributed by atoms with Gasteiger partial charge in [0.25, 0.3) is 11.5 Å². The fraction of sp³-hybridized carbons (Fsp3) is 0.333. The summed E-state index contributed by atoms with van der Waals surface area (Å²) in [6, 6.07) is 9.01. The molecule has 0 aliphatic carbocycles. The normalized spacial score (nSPS) is 10.7.